The van der Waals surface area contributed by atoms with E-state index in [9.17, 15) is 4.79 Å². The number of carbonyl (C=O) groups is 1. The Bertz CT molecular complexity index is 614. The average molecular weight is 293 g/mol. The zero-order valence-electron chi connectivity index (χ0n) is 10.8. The van der Waals surface area contributed by atoms with Crippen molar-refractivity contribution in [3.63, 3.8) is 0 Å². The Kier molecular flexibility index (Phi) is 4.42. The lowest BCUT2D eigenvalue weighted by Crippen LogP contribution is -2.01. The van der Waals surface area contributed by atoms with Gasteiger partial charge >= 0.3 is 5.97 Å². The number of anilines is 2. The molecule has 5 nitrogen and oxygen atoms in total. The van der Waals surface area contributed by atoms with Crippen molar-refractivity contribution >= 4 is 29.1 Å². The van der Waals surface area contributed by atoms with E-state index >= 15 is 0 Å². The number of halogens is 1. The summed E-state index contributed by atoms with van der Waals surface area (Å²) in [5.41, 5.74) is 0.787. The number of carboxylic acid groups (broad SMARTS) is 1. The molecule has 0 unspecified atom stereocenters. The number of ether oxygens (including phenoxy) is 1. The first-order valence-corrected chi connectivity index (χ1v) is 6.36. The fraction of sp³-hybridized carbons (Fsp3) is 0.143. The Morgan fingerprint density at radius 3 is 2.70 bits per heavy atom. The summed E-state index contributed by atoms with van der Waals surface area (Å²) in [6.45, 7) is 2.52. The first kappa shape index (κ1) is 14.1. The molecule has 0 aliphatic carbocycles. The van der Waals surface area contributed by atoms with Crippen molar-refractivity contribution in [3.05, 3.63) is 47.1 Å². The number of rotatable bonds is 5. The van der Waals surface area contributed by atoms with Gasteiger partial charge in [0.25, 0.3) is 0 Å². The van der Waals surface area contributed by atoms with Crippen molar-refractivity contribution in [1.29, 1.82) is 0 Å². The largest absolute Gasteiger partial charge is 0.494 e. The van der Waals surface area contributed by atoms with Crippen molar-refractivity contribution < 1.29 is 14.6 Å². The number of aromatic carboxylic acids is 1. The number of carboxylic acids is 1. The van der Waals surface area contributed by atoms with Gasteiger partial charge in [-0.1, -0.05) is 11.6 Å². The highest BCUT2D eigenvalue weighted by Gasteiger charge is 2.10. The summed E-state index contributed by atoms with van der Waals surface area (Å²) in [6, 6.07) is 8.67. The van der Waals surface area contributed by atoms with Gasteiger partial charge in [-0.15, -0.1) is 0 Å². The summed E-state index contributed by atoms with van der Waals surface area (Å²) in [6.07, 6.45) is 1.31. The van der Waals surface area contributed by atoms with Gasteiger partial charge in [0.1, 0.15) is 11.6 Å². The van der Waals surface area contributed by atoms with Crippen LogP contribution in [0.4, 0.5) is 11.5 Å². The Morgan fingerprint density at radius 2 is 2.10 bits per heavy atom. The van der Waals surface area contributed by atoms with Gasteiger partial charge in [-0.3, -0.25) is 0 Å². The third-order valence-electron chi connectivity index (χ3n) is 2.52. The highest BCUT2D eigenvalue weighted by molar-refractivity contribution is 6.33. The molecule has 2 rings (SSSR count). The maximum absolute atomic E-state index is 11.0. The van der Waals surface area contributed by atoms with Crippen LogP contribution in [0, 0.1) is 0 Å². The molecular weight excluding hydrogens is 280 g/mol. The molecule has 20 heavy (non-hydrogen) atoms. The van der Waals surface area contributed by atoms with Crippen LogP contribution in [0.1, 0.15) is 17.3 Å². The highest BCUT2D eigenvalue weighted by Crippen LogP contribution is 2.22. The highest BCUT2D eigenvalue weighted by atomic mass is 35.5. The van der Waals surface area contributed by atoms with Crippen molar-refractivity contribution in [2.45, 2.75) is 6.92 Å². The van der Waals surface area contributed by atoms with Crippen LogP contribution >= 0.6 is 11.6 Å². The van der Waals surface area contributed by atoms with Crippen LogP contribution in [-0.2, 0) is 0 Å². The number of benzene rings is 1. The molecule has 0 amide bonds. The molecule has 0 bridgehead atoms. The molecule has 0 spiro atoms. The second-order valence-electron chi connectivity index (χ2n) is 3.94. The van der Waals surface area contributed by atoms with E-state index in [1.165, 1.54) is 12.3 Å². The second-order valence-corrected chi connectivity index (χ2v) is 4.34. The van der Waals surface area contributed by atoms with Crippen molar-refractivity contribution in [1.82, 2.24) is 4.98 Å². The quantitative estimate of drug-likeness (QED) is 0.881. The maximum Gasteiger partial charge on any atom is 0.337 e. The van der Waals surface area contributed by atoms with Crippen LogP contribution in [0.15, 0.2) is 36.5 Å². The number of pyridine rings is 1. The molecule has 0 saturated carbocycles. The van der Waals surface area contributed by atoms with Gasteiger partial charge in [0.05, 0.1) is 17.2 Å². The smallest absolute Gasteiger partial charge is 0.337 e. The summed E-state index contributed by atoms with van der Waals surface area (Å²) in [4.78, 5) is 15.0. The number of aromatic nitrogens is 1. The predicted octanol–water partition coefficient (Wildman–Crippen LogP) is 3.58. The predicted molar refractivity (Wildman–Crippen MR) is 77.1 cm³/mol. The molecule has 0 aliphatic heterocycles. The Hall–Kier alpha value is -2.27. The number of hydrogen-bond donors (Lipinski definition) is 2. The normalized spacial score (nSPS) is 10.1. The average Bonchev–Trinajstić information content (AvgIpc) is 2.43. The minimum absolute atomic E-state index is 0.00935. The fourth-order valence-corrected chi connectivity index (χ4v) is 1.80. The van der Waals surface area contributed by atoms with E-state index < -0.39 is 5.97 Å². The third kappa shape index (κ3) is 3.39. The Labute approximate surface area is 121 Å². The van der Waals surface area contributed by atoms with Crippen molar-refractivity contribution in [3.8, 4) is 5.75 Å². The van der Waals surface area contributed by atoms with E-state index in [0.29, 0.717) is 12.4 Å². The van der Waals surface area contributed by atoms with E-state index in [2.05, 4.69) is 10.3 Å². The summed E-state index contributed by atoms with van der Waals surface area (Å²) in [5.74, 6) is 0.0939. The van der Waals surface area contributed by atoms with Gasteiger partial charge in [0, 0.05) is 11.9 Å². The fourth-order valence-electron chi connectivity index (χ4n) is 1.62. The molecule has 0 aliphatic rings. The van der Waals surface area contributed by atoms with Gasteiger partial charge in [-0.25, -0.2) is 9.78 Å². The maximum atomic E-state index is 11.0. The summed E-state index contributed by atoms with van der Waals surface area (Å²) in [7, 11) is 0. The molecule has 1 heterocycles. The molecule has 6 heteroatoms. The third-order valence-corrected chi connectivity index (χ3v) is 2.82. The van der Waals surface area contributed by atoms with Crippen LogP contribution in [-0.4, -0.2) is 22.7 Å². The molecule has 1 aromatic heterocycles. The number of nitrogens with one attached hydrogen (secondary N) is 1. The first-order chi connectivity index (χ1) is 9.60. The lowest BCUT2D eigenvalue weighted by molar-refractivity contribution is 0.0697. The van der Waals surface area contributed by atoms with Gasteiger partial charge < -0.3 is 15.2 Å². The summed E-state index contributed by atoms with van der Waals surface area (Å²) in [5, 5.41) is 12.1. The van der Waals surface area contributed by atoms with Crippen molar-refractivity contribution in [2.24, 2.45) is 0 Å². The zero-order valence-corrected chi connectivity index (χ0v) is 11.5. The van der Waals surface area contributed by atoms with E-state index in [0.717, 1.165) is 11.4 Å². The topological polar surface area (TPSA) is 71.5 Å². The SMILES string of the molecule is CCOc1ccc(Nc2cc(C(=O)O)c(Cl)cn2)cc1. The van der Waals surface area contributed by atoms with Gasteiger partial charge in [-0.05, 0) is 37.3 Å². The molecule has 0 atom stereocenters. The van der Waals surface area contributed by atoms with Crippen LogP contribution in [0.3, 0.4) is 0 Å². The minimum Gasteiger partial charge on any atom is -0.494 e. The van der Waals surface area contributed by atoms with Gasteiger partial charge in [0.15, 0.2) is 0 Å². The second kappa shape index (κ2) is 6.25. The Balaban J connectivity index is 2.17. The van der Waals surface area contributed by atoms with Gasteiger partial charge in [0.2, 0.25) is 0 Å². The summed E-state index contributed by atoms with van der Waals surface area (Å²) >= 11 is 5.76. The minimum atomic E-state index is -1.09. The van der Waals surface area contributed by atoms with Crippen molar-refractivity contribution in [2.75, 3.05) is 11.9 Å². The molecule has 1 aromatic carbocycles. The standard InChI is InChI=1S/C14H13ClN2O3/c1-2-20-10-5-3-9(4-6-10)17-13-7-11(14(18)19)12(15)8-16-13/h3-8H,2H2,1H3,(H,16,17)(H,18,19). The molecular formula is C14H13ClN2O3. The number of nitrogens with zero attached hydrogens (tertiary/aromatic N) is 1. The zero-order chi connectivity index (χ0) is 14.5. The van der Waals surface area contributed by atoms with Gasteiger partial charge in [-0.2, -0.15) is 0 Å². The molecule has 0 fully saturated rings. The van der Waals surface area contributed by atoms with E-state index in [1.807, 2.05) is 31.2 Å². The molecule has 0 saturated heterocycles. The summed E-state index contributed by atoms with van der Waals surface area (Å²) < 4.78 is 5.34. The van der Waals surface area contributed by atoms with Crippen LogP contribution in [0.25, 0.3) is 0 Å². The molecule has 104 valence electrons. The molecule has 0 radical (unpaired) electrons. The lowest BCUT2D eigenvalue weighted by Gasteiger charge is -2.08. The van der Waals surface area contributed by atoms with Crippen LogP contribution < -0.4 is 10.1 Å². The first-order valence-electron chi connectivity index (χ1n) is 5.99. The van der Waals surface area contributed by atoms with Crippen LogP contribution in [0.5, 0.6) is 5.75 Å². The van der Waals surface area contributed by atoms with E-state index in [1.54, 1.807) is 0 Å². The van der Waals surface area contributed by atoms with E-state index in [4.69, 9.17) is 21.4 Å². The monoisotopic (exact) mass is 292 g/mol. The van der Waals surface area contributed by atoms with E-state index in [-0.39, 0.29) is 10.6 Å². The Morgan fingerprint density at radius 1 is 1.40 bits per heavy atom. The number of hydrogen-bond acceptors (Lipinski definition) is 4. The van der Waals surface area contributed by atoms with Crippen LogP contribution in [0.2, 0.25) is 5.02 Å². The molecule has 2 aromatic rings. The molecule has 2 N–H and O–H groups in total. The lowest BCUT2D eigenvalue weighted by atomic mass is 10.2.